The summed E-state index contributed by atoms with van der Waals surface area (Å²) in [6.07, 6.45) is 0. The van der Waals surface area contributed by atoms with Crippen molar-refractivity contribution in [3.63, 3.8) is 0 Å². The maximum Gasteiger partial charge on any atom is 0.234 e. The first kappa shape index (κ1) is 26.2. The first-order chi connectivity index (χ1) is 16.2. The predicted molar refractivity (Wildman–Crippen MR) is 137 cm³/mol. The van der Waals surface area contributed by atoms with Crippen LogP contribution in [0.4, 0.5) is 5.69 Å². The number of Topliss-reactive ketones (excluding diaryl/α,β-unsaturated/α-hetero) is 1. The molecule has 0 atom stereocenters. The van der Waals surface area contributed by atoms with Gasteiger partial charge in [0.1, 0.15) is 22.8 Å². The zero-order valence-electron chi connectivity index (χ0n) is 21.2. The molecule has 0 saturated heterocycles. The van der Waals surface area contributed by atoms with Gasteiger partial charge < -0.3 is 15.2 Å². The van der Waals surface area contributed by atoms with E-state index in [0.717, 1.165) is 16.7 Å². The molecule has 0 unspecified atom stereocenters. The Morgan fingerprint density at radius 1 is 1.03 bits per heavy atom. The molecule has 0 saturated carbocycles. The van der Waals surface area contributed by atoms with E-state index < -0.39 is 21.4 Å². The molecule has 2 N–H and O–H groups in total. The number of nitrogens with zero attached hydrogens (tertiary/aromatic N) is 1. The third-order valence-electron chi connectivity index (χ3n) is 5.56. The van der Waals surface area contributed by atoms with Crippen LogP contribution in [0.5, 0.6) is 17.4 Å². The van der Waals surface area contributed by atoms with E-state index in [1.54, 1.807) is 12.1 Å². The number of ketones is 1. The van der Waals surface area contributed by atoms with Gasteiger partial charge in [-0.05, 0) is 50.1 Å². The van der Waals surface area contributed by atoms with Crippen LogP contribution < -0.4 is 15.2 Å². The van der Waals surface area contributed by atoms with Crippen molar-refractivity contribution in [2.24, 2.45) is 0 Å². The van der Waals surface area contributed by atoms with Crippen molar-refractivity contribution in [2.75, 3.05) is 18.6 Å². The van der Waals surface area contributed by atoms with Gasteiger partial charge in [-0.25, -0.2) is 13.4 Å². The molecule has 8 heteroatoms. The lowest BCUT2D eigenvalue weighted by Crippen LogP contribution is -2.21. The fraction of sp³-hybridized carbons (Fsp3) is 0.333. The van der Waals surface area contributed by atoms with Crippen molar-refractivity contribution in [3.05, 3.63) is 70.4 Å². The number of benzene rings is 2. The quantitative estimate of drug-likeness (QED) is 0.347. The number of pyridine rings is 1. The fourth-order valence-electron chi connectivity index (χ4n) is 3.84. The maximum atomic E-state index is 13.5. The lowest BCUT2D eigenvalue weighted by molar-refractivity contribution is 0.101. The Bertz CT molecular complexity index is 1370. The Kier molecular flexibility index (Phi) is 7.26. The molecular formula is C27H32N2O5S. The van der Waals surface area contributed by atoms with E-state index in [1.807, 2.05) is 53.7 Å². The van der Waals surface area contributed by atoms with Crippen molar-refractivity contribution < 1.29 is 22.7 Å². The monoisotopic (exact) mass is 496 g/mol. The van der Waals surface area contributed by atoms with Gasteiger partial charge in [0, 0.05) is 17.2 Å². The van der Waals surface area contributed by atoms with Gasteiger partial charge >= 0.3 is 0 Å². The summed E-state index contributed by atoms with van der Waals surface area (Å²) in [5.74, 6) is -0.697. The van der Waals surface area contributed by atoms with Crippen LogP contribution in [0.15, 0.2) is 47.4 Å². The molecule has 0 aliphatic heterocycles. The average Bonchev–Trinajstić information content (AvgIpc) is 2.74. The molecule has 3 rings (SSSR count). The summed E-state index contributed by atoms with van der Waals surface area (Å²) in [4.78, 5) is 18.1. The Morgan fingerprint density at radius 2 is 1.66 bits per heavy atom. The third-order valence-corrected chi connectivity index (χ3v) is 7.17. The van der Waals surface area contributed by atoms with E-state index in [9.17, 15) is 13.2 Å². The van der Waals surface area contributed by atoms with Crippen LogP contribution in [0.3, 0.4) is 0 Å². The second-order valence-electron chi connectivity index (χ2n) is 9.72. The molecule has 35 heavy (non-hydrogen) atoms. The number of hydrogen-bond acceptors (Lipinski definition) is 7. The zero-order chi connectivity index (χ0) is 26.1. The highest BCUT2D eigenvalue weighted by Crippen LogP contribution is 2.38. The van der Waals surface area contributed by atoms with Crippen LogP contribution in [0.1, 0.15) is 53.5 Å². The number of carbonyl (C=O) groups excluding carboxylic acids is 1. The number of anilines is 1. The minimum Gasteiger partial charge on any atom is -0.496 e. The Morgan fingerprint density at radius 3 is 2.20 bits per heavy atom. The van der Waals surface area contributed by atoms with Crippen LogP contribution in [-0.2, 0) is 15.3 Å². The van der Waals surface area contributed by atoms with E-state index >= 15 is 0 Å². The van der Waals surface area contributed by atoms with Gasteiger partial charge in [-0.3, -0.25) is 4.79 Å². The van der Waals surface area contributed by atoms with E-state index in [0.29, 0.717) is 17.1 Å². The van der Waals surface area contributed by atoms with Gasteiger partial charge in [-0.15, -0.1) is 0 Å². The number of aryl methyl sites for hydroxylation is 3. The van der Waals surface area contributed by atoms with E-state index in [4.69, 9.17) is 15.2 Å². The number of sulfone groups is 1. The SMILES string of the molecule is COc1cc(C(C)(C)C)nc(Oc2c(C)cc(C)cc2C)c1C(=O)CS(=O)(=O)c1cccc(N)c1. The summed E-state index contributed by atoms with van der Waals surface area (Å²) < 4.78 is 37.8. The zero-order valence-corrected chi connectivity index (χ0v) is 22.0. The van der Waals surface area contributed by atoms with Crippen molar-refractivity contribution in [1.82, 2.24) is 4.98 Å². The smallest absolute Gasteiger partial charge is 0.234 e. The summed E-state index contributed by atoms with van der Waals surface area (Å²) in [7, 11) is -2.55. The second-order valence-corrected chi connectivity index (χ2v) is 11.7. The van der Waals surface area contributed by atoms with Gasteiger partial charge in [0.25, 0.3) is 0 Å². The molecule has 0 aliphatic carbocycles. The number of aromatic nitrogens is 1. The number of rotatable bonds is 7. The standard InChI is InChI=1S/C27H32N2O5S/c1-16-11-17(2)25(18(3)12-16)34-26-24(22(33-7)14-23(29-26)27(4,5)6)21(30)15-35(31,32)20-10-8-9-19(28)13-20/h8-14H,15,28H2,1-7H3. The highest BCUT2D eigenvalue weighted by Gasteiger charge is 2.30. The molecule has 7 nitrogen and oxygen atoms in total. The van der Waals surface area contributed by atoms with Crippen molar-refractivity contribution in [1.29, 1.82) is 0 Å². The van der Waals surface area contributed by atoms with Crippen LogP contribution in [-0.4, -0.2) is 32.0 Å². The Labute approximate surface area is 207 Å². The molecule has 3 aromatic rings. The molecule has 0 aliphatic rings. The Hall–Kier alpha value is -3.39. The summed E-state index contributed by atoms with van der Waals surface area (Å²) in [6, 6.07) is 11.5. The number of hydrogen-bond donors (Lipinski definition) is 1. The summed E-state index contributed by atoms with van der Waals surface area (Å²) in [5, 5.41) is 0. The molecule has 0 bridgehead atoms. The highest BCUT2D eigenvalue weighted by molar-refractivity contribution is 7.92. The number of ether oxygens (including phenoxy) is 2. The maximum absolute atomic E-state index is 13.5. The summed E-state index contributed by atoms with van der Waals surface area (Å²) in [5.41, 5.74) is 9.10. The van der Waals surface area contributed by atoms with Crippen molar-refractivity contribution in [2.45, 2.75) is 51.9 Å². The molecule has 1 aromatic heterocycles. The van der Waals surface area contributed by atoms with Crippen molar-refractivity contribution >= 4 is 21.3 Å². The topological polar surface area (TPSA) is 109 Å². The molecule has 1 heterocycles. The highest BCUT2D eigenvalue weighted by atomic mass is 32.2. The number of carbonyl (C=O) groups is 1. The van der Waals surface area contributed by atoms with E-state index in [-0.39, 0.29) is 27.5 Å². The van der Waals surface area contributed by atoms with Crippen LogP contribution >= 0.6 is 0 Å². The minimum absolute atomic E-state index is 0.0112. The summed E-state index contributed by atoms with van der Waals surface area (Å²) in [6.45, 7) is 11.7. The van der Waals surface area contributed by atoms with Gasteiger partial charge in [0.05, 0.1) is 17.7 Å². The third kappa shape index (κ3) is 5.82. The average molecular weight is 497 g/mol. The van der Waals surface area contributed by atoms with Crippen molar-refractivity contribution in [3.8, 4) is 17.4 Å². The predicted octanol–water partition coefficient (Wildman–Crippen LogP) is 5.34. The van der Waals surface area contributed by atoms with Crippen LogP contribution in [0.2, 0.25) is 0 Å². The molecule has 0 amide bonds. The van der Waals surface area contributed by atoms with E-state index in [2.05, 4.69) is 4.98 Å². The molecule has 0 radical (unpaired) electrons. The lowest BCUT2D eigenvalue weighted by Gasteiger charge is -2.22. The van der Waals surface area contributed by atoms with Crippen LogP contribution in [0.25, 0.3) is 0 Å². The molecule has 186 valence electrons. The second kappa shape index (κ2) is 9.70. The van der Waals surface area contributed by atoms with Crippen LogP contribution in [0, 0.1) is 20.8 Å². The first-order valence-electron chi connectivity index (χ1n) is 11.2. The number of methoxy groups -OCH3 is 1. The first-order valence-corrected chi connectivity index (χ1v) is 12.8. The molecule has 2 aromatic carbocycles. The fourth-order valence-corrected chi connectivity index (χ4v) is 5.09. The molecule has 0 spiro atoms. The largest absolute Gasteiger partial charge is 0.496 e. The Balaban J connectivity index is 2.16. The van der Waals surface area contributed by atoms with Gasteiger partial charge in [-0.2, -0.15) is 0 Å². The van der Waals surface area contributed by atoms with Gasteiger partial charge in [-0.1, -0.05) is 44.5 Å². The minimum atomic E-state index is -3.97. The van der Waals surface area contributed by atoms with Gasteiger partial charge in [0.15, 0.2) is 15.6 Å². The molecule has 0 fully saturated rings. The summed E-state index contributed by atoms with van der Waals surface area (Å²) >= 11 is 0. The molecular weight excluding hydrogens is 464 g/mol. The lowest BCUT2D eigenvalue weighted by atomic mass is 9.91. The normalized spacial score (nSPS) is 11.9. The van der Waals surface area contributed by atoms with E-state index in [1.165, 1.54) is 25.3 Å². The number of nitrogen functional groups attached to an aromatic ring is 1. The van der Waals surface area contributed by atoms with Gasteiger partial charge in [0.2, 0.25) is 5.88 Å². The number of nitrogens with two attached hydrogens (primary N) is 1.